The van der Waals surface area contributed by atoms with Gasteiger partial charge in [-0.2, -0.15) is 0 Å². The molecule has 132 valence electrons. The first-order chi connectivity index (χ1) is 11.3. The Morgan fingerprint density at radius 1 is 1.21 bits per heavy atom. The molecule has 0 radical (unpaired) electrons. The van der Waals surface area contributed by atoms with Crippen molar-refractivity contribution in [3.63, 3.8) is 0 Å². The second-order valence-electron chi connectivity index (χ2n) is 6.30. The van der Waals surface area contributed by atoms with E-state index in [4.69, 9.17) is 5.11 Å². The van der Waals surface area contributed by atoms with Crippen LogP contribution in [-0.2, 0) is 4.79 Å². The van der Waals surface area contributed by atoms with E-state index in [1.54, 1.807) is 14.0 Å². The fourth-order valence-corrected chi connectivity index (χ4v) is 2.93. The number of hydrogen-bond donors (Lipinski definition) is 2. The highest BCUT2D eigenvalue weighted by atomic mass is 19.2. The highest BCUT2D eigenvalue weighted by molar-refractivity contribution is 5.75. The summed E-state index contributed by atoms with van der Waals surface area (Å²) in [7, 11) is 1.59. The molecule has 0 aromatic heterocycles. The third-order valence-electron chi connectivity index (χ3n) is 4.73. The number of nitrogens with zero attached hydrogens (tertiary/aromatic N) is 1. The van der Waals surface area contributed by atoms with Crippen molar-refractivity contribution in [1.29, 1.82) is 0 Å². The Hall–Kier alpha value is -2.18. The minimum atomic E-state index is -0.944. The van der Waals surface area contributed by atoms with Gasteiger partial charge in [-0.05, 0) is 50.3 Å². The van der Waals surface area contributed by atoms with Crippen LogP contribution in [0, 0.1) is 17.6 Å². The highest BCUT2D eigenvalue weighted by Crippen LogP contribution is 2.25. The lowest BCUT2D eigenvalue weighted by Gasteiger charge is -2.31. The second kappa shape index (κ2) is 7.59. The number of aliphatic carboxylic acids is 1. The molecule has 1 aliphatic rings. The molecule has 1 saturated carbocycles. The summed E-state index contributed by atoms with van der Waals surface area (Å²) in [4.78, 5) is 24.7. The molecular formula is C17H22F2N2O3. The van der Waals surface area contributed by atoms with Gasteiger partial charge in [-0.3, -0.25) is 4.79 Å². The molecule has 1 atom stereocenters. The zero-order chi connectivity index (χ0) is 17.9. The van der Waals surface area contributed by atoms with Crippen molar-refractivity contribution in [2.45, 2.75) is 44.7 Å². The monoisotopic (exact) mass is 340 g/mol. The standard InChI is InChI=1S/C17H22F2N2O3/c1-10(12-5-8-14(18)15(19)9-12)21(2)17(24)20-13-6-3-11(4-7-13)16(22)23/h5,8-11,13H,3-4,6-7H2,1-2H3,(H,20,24)(H,22,23). The lowest BCUT2D eigenvalue weighted by molar-refractivity contribution is -0.142. The van der Waals surface area contributed by atoms with Gasteiger partial charge in [-0.1, -0.05) is 6.07 Å². The van der Waals surface area contributed by atoms with Gasteiger partial charge < -0.3 is 15.3 Å². The van der Waals surface area contributed by atoms with Gasteiger partial charge >= 0.3 is 12.0 Å². The summed E-state index contributed by atoms with van der Waals surface area (Å²) in [6, 6.07) is 2.78. The molecule has 0 spiro atoms. The fraction of sp³-hybridized carbons (Fsp3) is 0.529. The molecule has 7 heteroatoms. The van der Waals surface area contributed by atoms with Gasteiger partial charge in [0.05, 0.1) is 12.0 Å². The number of carbonyl (C=O) groups excluding carboxylic acids is 1. The minimum absolute atomic E-state index is 0.0623. The summed E-state index contributed by atoms with van der Waals surface area (Å²) in [6.07, 6.45) is 2.33. The quantitative estimate of drug-likeness (QED) is 0.883. The number of carbonyl (C=O) groups is 2. The molecule has 1 fully saturated rings. The first-order valence-electron chi connectivity index (χ1n) is 8.00. The number of carboxylic acids is 1. The van der Waals surface area contributed by atoms with Crippen LogP contribution in [0.4, 0.5) is 13.6 Å². The van der Waals surface area contributed by atoms with Crippen LogP contribution in [-0.4, -0.2) is 35.1 Å². The van der Waals surface area contributed by atoms with Gasteiger partial charge in [0.25, 0.3) is 0 Å². The molecule has 0 heterocycles. The van der Waals surface area contributed by atoms with E-state index < -0.39 is 23.6 Å². The van der Waals surface area contributed by atoms with E-state index in [2.05, 4.69) is 5.32 Å². The SMILES string of the molecule is CC(c1ccc(F)c(F)c1)N(C)C(=O)NC1CCC(C(=O)O)CC1. The summed E-state index contributed by atoms with van der Waals surface area (Å²) in [5.74, 6) is -2.99. The van der Waals surface area contributed by atoms with Crippen LogP contribution in [0.25, 0.3) is 0 Å². The van der Waals surface area contributed by atoms with Crippen LogP contribution >= 0.6 is 0 Å². The Morgan fingerprint density at radius 3 is 2.38 bits per heavy atom. The Bertz CT molecular complexity index is 616. The van der Waals surface area contributed by atoms with Crippen molar-refractivity contribution in [1.82, 2.24) is 10.2 Å². The fourth-order valence-electron chi connectivity index (χ4n) is 2.93. The van der Waals surface area contributed by atoms with Crippen molar-refractivity contribution in [3.8, 4) is 0 Å². The molecule has 5 nitrogen and oxygen atoms in total. The van der Waals surface area contributed by atoms with Crippen LogP contribution in [0.15, 0.2) is 18.2 Å². The van der Waals surface area contributed by atoms with E-state index in [1.165, 1.54) is 11.0 Å². The van der Waals surface area contributed by atoms with Crippen molar-refractivity contribution < 1.29 is 23.5 Å². The first-order valence-corrected chi connectivity index (χ1v) is 8.00. The maximum Gasteiger partial charge on any atom is 0.317 e. The zero-order valence-corrected chi connectivity index (χ0v) is 13.8. The lowest BCUT2D eigenvalue weighted by Crippen LogP contribution is -2.45. The average Bonchev–Trinajstić information content (AvgIpc) is 2.56. The van der Waals surface area contributed by atoms with Gasteiger partial charge in [0, 0.05) is 13.1 Å². The number of amides is 2. The van der Waals surface area contributed by atoms with E-state index in [1.807, 2.05) is 0 Å². The summed E-state index contributed by atoms with van der Waals surface area (Å²) in [6.45, 7) is 1.73. The molecule has 2 amide bonds. The first kappa shape index (κ1) is 18.2. The van der Waals surface area contributed by atoms with Crippen LogP contribution in [0.3, 0.4) is 0 Å². The number of rotatable bonds is 4. The molecule has 0 saturated heterocycles. The van der Waals surface area contributed by atoms with Crippen LogP contribution in [0.1, 0.15) is 44.2 Å². The van der Waals surface area contributed by atoms with Gasteiger partial charge in [0.2, 0.25) is 0 Å². The van der Waals surface area contributed by atoms with E-state index in [0.29, 0.717) is 31.2 Å². The molecule has 2 N–H and O–H groups in total. The Kier molecular flexibility index (Phi) is 5.75. The largest absolute Gasteiger partial charge is 0.481 e. The molecule has 24 heavy (non-hydrogen) atoms. The Labute approximate surface area is 139 Å². The van der Waals surface area contributed by atoms with Gasteiger partial charge in [-0.25, -0.2) is 13.6 Å². The molecule has 1 aromatic rings. The number of nitrogens with one attached hydrogen (secondary N) is 1. The molecule has 0 bridgehead atoms. The Morgan fingerprint density at radius 2 is 1.83 bits per heavy atom. The van der Waals surface area contributed by atoms with Crippen LogP contribution < -0.4 is 5.32 Å². The maximum absolute atomic E-state index is 13.3. The molecule has 1 unspecified atom stereocenters. The maximum atomic E-state index is 13.3. The van der Waals surface area contributed by atoms with Crippen LogP contribution in [0.2, 0.25) is 0 Å². The number of carboxylic acid groups (broad SMARTS) is 1. The van der Waals surface area contributed by atoms with E-state index in [-0.39, 0.29) is 18.0 Å². The third-order valence-corrected chi connectivity index (χ3v) is 4.73. The molecule has 1 aromatic carbocycles. The normalized spacial score (nSPS) is 21.8. The van der Waals surface area contributed by atoms with Crippen LogP contribution in [0.5, 0.6) is 0 Å². The number of benzene rings is 1. The lowest BCUT2D eigenvalue weighted by atomic mass is 9.86. The summed E-state index contributed by atoms with van der Waals surface area (Å²) in [5.41, 5.74) is 0.501. The number of halogens is 2. The van der Waals surface area contributed by atoms with Crippen molar-refractivity contribution in [3.05, 3.63) is 35.4 Å². The molecule has 2 rings (SSSR count). The van der Waals surface area contributed by atoms with Gasteiger partial charge in [0.15, 0.2) is 11.6 Å². The van der Waals surface area contributed by atoms with Crippen molar-refractivity contribution in [2.24, 2.45) is 5.92 Å². The smallest absolute Gasteiger partial charge is 0.317 e. The second-order valence-corrected chi connectivity index (χ2v) is 6.30. The van der Waals surface area contributed by atoms with Crippen molar-refractivity contribution in [2.75, 3.05) is 7.05 Å². The third kappa shape index (κ3) is 4.21. The van der Waals surface area contributed by atoms with Gasteiger partial charge in [-0.15, -0.1) is 0 Å². The number of urea groups is 1. The molecule has 0 aliphatic heterocycles. The summed E-state index contributed by atoms with van der Waals surface area (Å²) in [5, 5.41) is 11.9. The number of hydrogen-bond acceptors (Lipinski definition) is 2. The highest BCUT2D eigenvalue weighted by Gasteiger charge is 2.28. The van der Waals surface area contributed by atoms with E-state index in [9.17, 15) is 18.4 Å². The zero-order valence-electron chi connectivity index (χ0n) is 13.8. The van der Waals surface area contributed by atoms with Gasteiger partial charge in [0.1, 0.15) is 0 Å². The minimum Gasteiger partial charge on any atom is -0.481 e. The van der Waals surface area contributed by atoms with E-state index in [0.717, 1.165) is 12.1 Å². The van der Waals surface area contributed by atoms with E-state index >= 15 is 0 Å². The predicted molar refractivity (Wildman–Crippen MR) is 84.4 cm³/mol. The summed E-state index contributed by atoms with van der Waals surface area (Å²) < 4.78 is 26.3. The molecular weight excluding hydrogens is 318 g/mol. The topological polar surface area (TPSA) is 69.6 Å². The Balaban J connectivity index is 1.92. The average molecular weight is 340 g/mol. The molecule has 1 aliphatic carbocycles. The van der Waals surface area contributed by atoms with Crippen molar-refractivity contribution >= 4 is 12.0 Å². The predicted octanol–water partition coefficient (Wildman–Crippen LogP) is 3.31. The summed E-state index contributed by atoms with van der Waals surface area (Å²) >= 11 is 0.